The summed E-state index contributed by atoms with van der Waals surface area (Å²) in [6.45, 7) is 4.88. The molecule has 0 saturated carbocycles. The van der Waals surface area contributed by atoms with E-state index in [1.54, 1.807) is 35.3 Å². The van der Waals surface area contributed by atoms with Crippen molar-refractivity contribution < 1.29 is 9.53 Å². The highest BCUT2D eigenvalue weighted by molar-refractivity contribution is 5.94. The molecule has 126 valence electrons. The molecule has 2 aromatic heterocycles. The monoisotopic (exact) mass is 326 g/mol. The van der Waals surface area contributed by atoms with Gasteiger partial charge in [-0.3, -0.25) is 14.5 Å². The molecule has 0 radical (unpaired) electrons. The lowest BCUT2D eigenvalue weighted by molar-refractivity contribution is 0.0379. The number of likely N-dealkylation sites (tertiary alicyclic amines) is 1. The van der Waals surface area contributed by atoms with Crippen LogP contribution in [0.4, 0.5) is 0 Å². The van der Waals surface area contributed by atoms with E-state index in [9.17, 15) is 4.79 Å². The number of carbonyl (C=O) groups excluding carboxylic acids is 1. The fraction of sp³-hybridized carbons (Fsp3) is 0.389. The van der Waals surface area contributed by atoms with Gasteiger partial charge in [0, 0.05) is 32.2 Å². The Morgan fingerprint density at radius 3 is 3.04 bits per heavy atom. The fourth-order valence-corrected chi connectivity index (χ4v) is 3.18. The van der Waals surface area contributed by atoms with Crippen molar-refractivity contribution in [2.24, 2.45) is 7.05 Å². The molecule has 1 fully saturated rings. The van der Waals surface area contributed by atoms with Crippen LogP contribution in [0.1, 0.15) is 22.3 Å². The Kier molecular flexibility index (Phi) is 5.05. The van der Waals surface area contributed by atoms with Crippen LogP contribution in [0.2, 0.25) is 0 Å². The van der Waals surface area contributed by atoms with Crippen molar-refractivity contribution in [2.75, 3.05) is 13.2 Å². The van der Waals surface area contributed by atoms with Crippen molar-refractivity contribution >= 4 is 5.91 Å². The van der Waals surface area contributed by atoms with Gasteiger partial charge >= 0.3 is 0 Å². The van der Waals surface area contributed by atoms with Gasteiger partial charge < -0.3 is 9.64 Å². The van der Waals surface area contributed by atoms with Crippen molar-refractivity contribution in [1.29, 1.82) is 0 Å². The Hall–Kier alpha value is -2.47. The number of nitrogens with zero attached hydrogens (tertiary/aromatic N) is 4. The zero-order valence-corrected chi connectivity index (χ0v) is 13.8. The van der Waals surface area contributed by atoms with E-state index in [-0.39, 0.29) is 18.1 Å². The first kappa shape index (κ1) is 16.4. The summed E-state index contributed by atoms with van der Waals surface area (Å²) in [5, 5.41) is 4.22. The van der Waals surface area contributed by atoms with E-state index in [0.717, 1.165) is 18.4 Å². The van der Waals surface area contributed by atoms with Crippen LogP contribution < -0.4 is 0 Å². The van der Waals surface area contributed by atoms with Crippen molar-refractivity contribution in [1.82, 2.24) is 19.7 Å². The minimum Gasteiger partial charge on any atom is -0.372 e. The van der Waals surface area contributed by atoms with Gasteiger partial charge in [-0.2, -0.15) is 5.10 Å². The Morgan fingerprint density at radius 1 is 1.50 bits per heavy atom. The average molecular weight is 326 g/mol. The van der Waals surface area contributed by atoms with E-state index in [4.69, 9.17) is 4.74 Å². The summed E-state index contributed by atoms with van der Waals surface area (Å²) >= 11 is 0. The number of amides is 1. The predicted octanol–water partition coefficient (Wildman–Crippen LogP) is 1.84. The van der Waals surface area contributed by atoms with Crippen molar-refractivity contribution in [3.63, 3.8) is 0 Å². The van der Waals surface area contributed by atoms with Crippen LogP contribution >= 0.6 is 0 Å². The van der Waals surface area contributed by atoms with Gasteiger partial charge in [0.15, 0.2) is 0 Å². The molecule has 6 heteroatoms. The van der Waals surface area contributed by atoms with Crippen molar-refractivity contribution in [3.8, 4) is 0 Å². The zero-order chi connectivity index (χ0) is 16.9. The molecule has 6 nitrogen and oxygen atoms in total. The number of hydrogen-bond acceptors (Lipinski definition) is 4. The first-order valence-electron chi connectivity index (χ1n) is 8.10. The molecule has 1 saturated heterocycles. The van der Waals surface area contributed by atoms with Gasteiger partial charge in [-0.25, -0.2) is 0 Å². The maximum Gasteiger partial charge on any atom is 0.255 e. The Balaban J connectivity index is 1.80. The summed E-state index contributed by atoms with van der Waals surface area (Å²) in [7, 11) is 1.89. The predicted molar refractivity (Wildman–Crippen MR) is 90.5 cm³/mol. The number of carbonyl (C=O) groups is 1. The number of rotatable bonds is 6. The molecule has 1 amide bonds. The van der Waals surface area contributed by atoms with Crippen LogP contribution in [-0.2, 0) is 18.2 Å². The van der Waals surface area contributed by atoms with E-state index in [2.05, 4.69) is 16.7 Å². The molecule has 1 aliphatic heterocycles. The molecule has 0 bridgehead atoms. The maximum absolute atomic E-state index is 12.9. The van der Waals surface area contributed by atoms with Crippen LogP contribution in [0.5, 0.6) is 0 Å². The highest BCUT2D eigenvalue weighted by atomic mass is 16.5. The van der Waals surface area contributed by atoms with Gasteiger partial charge in [0.05, 0.1) is 30.5 Å². The van der Waals surface area contributed by atoms with Crippen LogP contribution in [-0.4, -0.2) is 50.9 Å². The molecule has 2 aromatic rings. The highest BCUT2D eigenvalue weighted by Crippen LogP contribution is 2.26. The molecule has 0 aromatic carbocycles. The summed E-state index contributed by atoms with van der Waals surface area (Å²) < 4.78 is 7.68. The van der Waals surface area contributed by atoms with E-state index >= 15 is 0 Å². The molecule has 2 atom stereocenters. The molecule has 0 N–H and O–H groups in total. The number of aromatic nitrogens is 3. The van der Waals surface area contributed by atoms with Crippen molar-refractivity contribution in [3.05, 3.63) is 60.7 Å². The summed E-state index contributed by atoms with van der Waals surface area (Å²) in [6.07, 6.45) is 10.4. The second-order valence-electron chi connectivity index (χ2n) is 5.98. The second-order valence-corrected chi connectivity index (χ2v) is 5.98. The Morgan fingerprint density at radius 2 is 2.38 bits per heavy atom. The number of pyridine rings is 1. The average Bonchev–Trinajstić information content (AvgIpc) is 3.20. The lowest BCUT2D eigenvalue weighted by Gasteiger charge is -2.28. The largest absolute Gasteiger partial charge is 0.372 e. The van der Waals surface area contributed by atoms with Crippen molar-refractivity contribution in [2.45, 2.75) is 25.0 Å². The third-order valence-corrected chi connectivity index (χ3v) is 4.28. The quantitative estimate of drug-likeness (QED) is 0.760. The zero-order valence-electron chi connectivity index (χ0n) is 13.8. The molecule has 3 rings (SSSR count). The van der Waals surface area contributed by atoms with Gasteiger partial charge in [0.2, 0.25) is 0 Å². The number of aryl methyl sites for hydroxylation is 1. The molecule has 24 heavy (non-hydrogen) atoms. The standard InChI is InChI=1S/C18H22N4O2/c1-3-9-24-17-6-8-22(18(23)15-5-4-7-19-12-15)16(17)10-14-11-20-21(2)13-14/h3-5,7,11-13,16-17H,1,6,8-10H2,2H3/t16-,17-/m0/s1. The Labute approximate surface area is 141 Å². The Bertz CT molecular complexity index is 698. The van der Waals surface area contributed by atoms with E-state index in [1.165, 1.54) is 0 Å². The number of hydrogen-bond donors (Lipinski definition) is 0. The fourth-order valence-electron chi connectivity index (χ4n) is 3.18. The SMILES string of the molecule is C=CCO[C@H]1CCN(C(=O)c2cccnc2)[C@H]1Cc1cnn(C)c1. The minimum absolute atomic E-state index is 0.00157. The summed E-state index contributed by atoms with van der Waals surface area (Å²) in [6, 6.07) is 3.57. The van der Waals surface area contributed by atoms with E-state index < -0.39 is 0 Å². The number of ether oxygens (including phenoxy) is 1. The molecule has 0 aliphatic carbocycles. The molecule has 3 heterocycles. The molecule has 1 aliphatic rings. The van der Waals surface area contributed by atoms with Crippen LogP contribution in [0.3, 0.4) is 0 Å². The van der Waals surface area contributed by atoms with Gasteiger partial charge in [-0.1, -0.05) is 6.08 Å². The van der Waals surface area contributed by atoms with Gasteiger partial charge in [-0.05, 0) is 30.5 Å². The third-order valence-electron chi connectivity index (χ3n) is 4.28. The first-order chi connectivity index (χ1) is 11.7. The van der Waals surface area contributed by atoms with E-state index in [0.29, 0.717) is 18.7 Å². The lowest BCUT2D eigenvalue weighted by Crippen LogP contribution is -2.42. The minimum atomic E-state index is -0.0122. The van der Waals surface area contributed by atoms with Crippen LogP contribution in [0.15, 0.2) is 49.6 Å². The second kappa shape index (κ2) is 7.40. The van der Waals surface area contributed by atoms with Gasteiger partial charge in [0.25, 0.3) is 5.91 Å². The topological polar surface area (TPSA) is 60.2 Å². The van der Waals surface area contributed by atoms with Gasteiger partial charge in [0.1, 0.15) is 0 Å². The summed E-state index contributed by atoms with van der Waals surface area (Å²) in [5.41, 5.74) is 1.71. The molecule has 0 spiro atoms. The highest BCUT2D eigenvalue weighted by Gasteiger charge is 2.38. The molecule has 0 unspecified atom stereocenters. The van der Waals surface area contributed by atoms with Crippen LogP contribution in [0.25, 0.3) is 0 Å². The summed E-state index contributed by atoms with van der Waals surface area (Å²) in [4.78, 5) is 18.8. The normalized spacial score (nSPS) is 20.3. The maximum atomic E-state index is 12.9. The summed E-state index contributed by atoms with van der Waals surface area (Å²) in [5.74, 6) is 0.00157. The van der Waals surface area contributed by atoms with Gasteiger partial charge in [-0.15, -0.1) is 6.58 Å². The molecular weight excluding hydrogens is 304 g/mol. The van der Waals surface area contributed by atoms with Crippen LogP contribution in [0, 0.1) is 0 Å². The smallest absolute Gasteiger partial charge is 0.255 e. The molecular formula is C18H22N4O2. The lowest BCUT2D eigenvalue weighted by atomic mass is 10.0. The first-order valence-corrected chi connectivity index (χ1v) is 8.10. The third kappa shape index (κ3) is 3.54. The van der Waals surface area contributed by atoms with E-state index in [1.807, 2.05) is 24.3 Å².